The Labute approximate surface area is 134 Å². The van der Waals surface area contributed by atoms with Gasteiger partial charge in [-0.2, -0.15) is 0 Å². The van der Waals surface area contributed by atoms with Gasteiger partial charge in [0.2, 0.25) is 5.91 Å². The molecule has 2 N–H and O–H groups in total. The van der Waals surface area contributed by atoms with Crippen LogP contribution in [0.4, 0.5) is 10.5 Å². The highest BCUT2D eigenvalue weighted by molar-refractivity contribution is 5.97. The summed E-state index contributed by atoms with van der Waals surface area (Å²) in [5.74, 6) is 1.33. The molecular formula is C16H21N3O4. The molecule has 2 heterocycles. The number of hydrogen-bond acceptors (Lipinski definition) is 4. The van der Waals surface area contributed by atoms with Crippen LogP contribution in [0.1, 0.15) is 19.8 Å². The van der Waals surface area contributed by atoms with Crippen LogP contribution < -0.4 is 25.0 Å². The van der Waals surface area contributed by atoms with Crippen LogP contribution in [0.5, 0.6) is 11.5 Å². The van der Waals surface area contributed by atoms with Crippen LogP contribution in [0.15, 0.2) is 18.2 Å². The van der Waals surface area contributed by atoms with Gasteiger partial charge in [-0.1, -0.05) is 6.92 Å². The number of nitrogens with zero attached hydrogens (tertiary/aromatic N) is 1. The lowest BCUT2D eigenvalue weighted by molar-refractivity contribution is -0.117. The number of benzene rings is 1. The first-order chi connectivity index (χ1) is 11.2. The Balaban J connectivity index is 1.65. The van der Waals surface area contributed by atoms with Crippen LogP contribution in [0, 0.1) is 0 Å². The Morgan fingerprint density at radius 2 is 2.09 bits per heavy atom. The van der Waals surface area contributed by atoms with Gasteiger partial charge in [0.1, 0.15) is 13.2 Å². The monoisotopic (exact) mass is 319 g/mol. The fraction of sp³-hybridized carbons (Fsp3) is 0.500. The maximum absolute atomic E-state index is 12.2. The first kappa shape index (κ1) is 15.5. The van der Waals surface area contributed by atoms with Gasteiger partial charge in [0, 0.05) is 31.3 Å². The molecule has 0 aliphatic carbocycles. The van der Waals surface area contributed by atoms with Crippen molar-refractivity contribution in [1.82, 2.24) is 10.6 Å². The molecule has 7 heteroatoms. The molecule has 124 valence electrons. The molecule has 2 aliphatic rings. The summed E-state index contributed by atoms with van der Waals surface area (Å²) < 4.78 is 11.0. The first-order valence-electron chi connectivity index (χ1n) is 7.91. The maximum atomic E-state index is 12.2. The third-order valence-corrected chi connectivity index (χ3v) is 3.83. The second kappa shape index (κ2) is 6.76. The number of ether oxygens (including phenoxy) is 2. The van der Waals surface area contributed by atoms with Crippen molar-refractivity contribution < 1.29 is 19.1 Å². The molecule has 23 heavy (non-hydrogen) atoms. The first-order valence-corrected chi connectivity index (χ1v) is 7.91. The highest BCUT2D eigenvalue weighted by atomic mass is 16.6. The third kappa shape index (κ3) is 3.49. The fourth-order valence-corrected chi connectivity index (χ4v) is 2.73. The number of hydrogen-bond donors (Lipinski definition) is 2. The lowest BCUT2D eigenvalue weighted by Gasteiger charge is -2.22. The smallest absolute Gasteiger partial charge is 0.315 e. The maximum Gasteiger partial charge on any atom is 0.315 e. The molecule has 0 radical (unpaired) electrons. The van der Waals surface area contributed by atoms with E-state index in [0.29, 0.717) is 44.2 Å². The topological polar surface area (TPSA) is 79.9 Å². The Morgan fingerprint density at radius 3 is 2.87 bits per heavy atom. The van der Waals surface area contributed by atoms with Crippen molar-refractivity contribution in [3.8, 4) is 11.5 Å². The Hall–Kier alpha value is -2.44. The number of fused-ring (bicyclic) bond motifs is 1. The van der Waals surface area contributed by atoms with Crippen LogP contribution in [-0.2, 0) is 4.79 Å². The van der Waals surface area contributed by atoms with Crippen molar-refractivity contribution >= 4 is 17.6 Å². The van der Waals surface area contributed by atoms with Gasteiger partial charge >= 0.3 is 6.03 Å². The second-order valence-electron chi connectivity index (χ2n) is 5.63. The molecule has 1 aromatic rings. The molecule has 0 bridgehead atoms. The van der Waals surface area contributed by atoms with E-state index in [4.69, 9.17) is 9.47 Å². The highest BCUT2D eigenvalue weighted by Crippen LogP contribution is 2.35. The molecule has 3 rings (SSSR count). The molecule has 1 fully saturated rings. The molecule has 1 aromatic carbocycles. The van der Waals surface area contributed by atoms with E-state index >= 15 is 0 Å². The summed E-state index contributed by atoms with van der Waals surface area (Å²) in [4.78, 5) is 25.6. The molecule has 2 aliphatic heterocycles. The van der Waals surface area contributed by atoms with Crippen molar-refractivity contribution in [3.63, 3.8) is 0 Å². The van der Waals surface area contributed by atoms with Crippen molar-refractivity contribution in [1.29, 1.82) is 0 Å². The van der Waals surface area contributed by atoms with Gasteiger partial charge in [-0.15, -0.1) is 0 Å². The van der Waals surface area contributed by atoms with Gasteiger partial charge in [-0.25, -0.2) is 4.79 Å². The summed E-state index contributed by atoms with van der Waals surface area (Å²) in [6.45, 7) is 4.11. The Bertz CT molecular complexity index is 605. The SMILES string of the molecule is CCCNC(=O)N[C@@H]1CC(=O)N(c2ccc3c(c2)OCCO3)C1. The number of nitrogens with one attached hydrogen (secondary N) is 2. The minimum Gasteiger partial charge on any atom is -0.486 e. The van der Waals surface area contributed by atoms with E-state index in [2.05, 4.69) is 10.6 Å². The number of carbonyl (C=O) groups excluding carboxylic acids is 2. The molecule has 7 nitrogen and oxygen atoms in total. The second-order valence-corrected chi connectivity index (χ2v) is 5.63. The van der Waals surface area contributed by atoms with Crippen LogP contribution in [0.25, 0.3) is 0 Å². The number of urea groups is 1. The standard InChI is InChI=1S/C16H21N3O4/c1-2-5-17-16(21)18-11-8-15(20)19(10-11)12-3-4-13-14(9-12)23-7-6-22-13/h3-4,9,11H,2,5-8,10H2,1H3,(H2,17,18,21)/t11-/m1/s1. The van der Waals surface area contributed by atoms with E-state index in [-0.39, 0.29) is 18.0 Å². The Morgan fingerprint density at radius 1 is 1.30 bits per heavy atom. The Kier molecular flexibility index (Phi) is 4.55. The van der Waals surface area contributed by atoms with Crippen LogP contribution in [0.2, 0.25) is 0 Å². The van der Waals surface area contributed by atoms with Crippen molar-refractivity contribution in [2.24, 2.45) is 0 Å². The number of anilines is 1. The van der Waals surface area contributed by atoms with Gasteiger partial charge in [-0.05, 0) is 18.6 Å². The molecule has 0 saturated carbocycles. The van der Waals surface area contributed by atoms with Gasteiger partial charge in [0.25, 0.3) is 0 Å². The van der Waals surface area contributed by atoms with E-state index in [1.807, 2.05) is 25.1 Å². The minimum atomic E-state index is -0.228. The van der Waals surface area contributed by atoms with Gasteiger partial charge in [-0.3, -0.25) is 4.79 Å². The van der Waals surface area contributed by atoms with Crippen LogP contribution in [-0.4, -0.2) is 44.3 Å². The summed E-state index contributed by atoms with van der Waals surface area (Å²) >= 11 is 0. The molecule has 0 aromatic heterocycles. The van der Waals surface area contributed by atoms with E-state index < -0.39 is 0 Å². The fourth-order valence-electron chi connectivity index (χ4n) is 2.73. The largest absolute Gasteiger partial charge is 0.486 e. The summed E-state index contributed by atoms with van der Waals surface area (Å²) in [7, 11) is 0. The zero-order valence-corrected chi connectivity index (χ0v) is 13.1. The summed E-state index contributed by atoms with van der Waals surface area (Å²) in [5, 5.41) is 5.59. The van der Waals surface area contributed by atoms with E-state index in [0.717, 1.165) is 12.1 Å². The van der Waals surface area contributed by atoms with Crippen molar-refractivity contribution in [3.05, 3.63) is 18.2 Å². The van der Waals surface area contributed by atoms with E-state index in [1.54, 1.807) is 4.90 Å². The van der Waals surface area contributed by atoms with E-state index in [9.17, 15) is 9.59 Å². The zero-order valence-electron chi connectivity index (χ0n) is 13.1. The van der Waals surface area contributed by atoms with Gasteiger partial charge in [0.05, 0.1) is 6.04 Å². The van der Waals surface area contributed by atoms with Gasteiger partial charge < -0.3 is 25.0 Å². The summed E-state index contributed by atoms with van der Waals surface area (Å²) in [6, 6.07) is 5.05. The quantitative estimate of drug-likeness (QED) is 0.876. The summed E-state index contributed by atoms with van der Waals surface area (Å²) in [5.41, 5.74) is 0.762. The molecule has 1 atom stereocenters. The molecular weight excluding hydrogens is 298 g/mol. The number of rotatable bonds is 4. The minimum absolute atomic E-state index is 0.0116. The normalized spacial score (nSPS) is 19.6. The lowest BCUT2D eigenvalue weighted by Crippen LogP contribution is -2.43. The average molecular weight is 319 g/mol. The van der Waals surface area contributed by atoms with Crippen molar-refractivity contribution in [2.45, 2.75) is 25.8 Å². The van der Waals surface area contributed by atoms with E-state index in [1.165, 1.54) is 0 Å². The number of amides is 3. The molecule has 0 unspecified atom stereocenters. The predicted octanol–water partition coefficient (Wildman–Crippen LogP) is 1.27. The number of carbonyl (C=O) groups is 2. The molecule has 1 saturated heterocycles. The zero-order chi connectivity index (χ0) is 16.2. The third-order valence-electron chi connectivity index (χ3n) is 3.83. The predicted molar refractivity (Wildman–Crippen MR) is 85.0 cm³/mol. The summed E-state index contributed by atoms with van der Waals surface area (Å²) in [6.07, 6.45) is 1.17. The van der Waals surface area contributed by atoms with Crippen LogP contribution >= 0.6 is 0 Å². The molecule has 0 spiro atoms. The highest BCUT2D eigenvalue weighted by Gasteiger charge is 2.32. The average Bonchev–Trinajstić information content (AvgIpc) is 2.92. The van der Waals surface area contributed by atoms with Crippen LogP contribution in [0.3, 0.4) is 0 Å². The van der Waals surface area contributed by atoms with Gasteiger partial charge in [0.15, 0.2) is 11.5 Å². The van der Waals surface area contributed by atoms with Crippen molar-refractivity contribution in [2.75, 3.05) is 31.2 Å². The molecule has 3 amide bonds. The lowest BCUT2D eigenvalue weighted by atomic mass is 10.2.